The van der Waals surface area contributed by atoms with Crippen molar-refractivity contribution in [3.05, 3.63) is 35.6 Å². The van der Waals surface area contributed by atoms with Crippen molar-refractivity contribution in [2.75, 3.05) is 7.05 Å². The summed E-state index contributed by atoms with van der Waals surface area (Å²) in [5.74, 6) is -0.102. The molecule has 0 atom stereocenters. The van der Waals surface area contributed by atoms with E-state index in [0.29, 0.717) is 12.8 Å². The molecule has 1 aromatic carbocycles. The van der Waals surface area contributed by atoms with E-state index in [-0.39, 0.29) is 11.6 Å². The fraction of sp³-hybridized carbons (Fsp3) is 0.533. The minimum Gasteiger partial charge on any atom is -0.333 e. The summed E-state index contributed by atoms with van der Waals surface area (Å²) in [5, 5.41) is 0. The van der Waals surface area contributed by atoms with Crippen molar-refractivity contribution >= 4 is 5.78 Å². The quantitative estimate of drug-likeness (QED) is 0.890. The molecular formula is C15H28FNO. The summed E-state index contributed by atoms with van der Waals surface area (Å²) in [6.07, 6.45) is 1.12. The van der Waals surface area contributed by atoms with E-state index in [2.05, 4.69) is 5.73 Å². The van der Waals surface area contributed by atoms with Crippen LogP contribution in [0.3, 0.4) is 0 Å². The lowest BCUT2D eigenvalue weighted by Crippen LogP contribution is -1.93. The Hall–Kier alpha value is -1.22. The van der Waals surface area contributed by atoms with Gasteiger partial charge in [-0.1, -0.05) is 39.8 Å². The summed E-state index contributed by atoms with van der Waals surface area (Å²) in [7, 11) is 1.50. The van der Waals surface area contributed by atoms with E-state index < -0.39 is 0 Å². The Kier molecular flexibility index (Phi) is 22.2. The van der Waals surface area contributed by atoms with Gasteiger partial charge in [0.25, 0.3) is 0 Å². The van der Waals surface area contributed by atoms with E-state index in [0.717, 1.165) is 5.56 Å². The zero-order chi connectivity index (χ0) is 15.0. The maximum Gasteiger partial charge on any atom is 0.130 e. The maximum atomic E-state index is 12.6. The molecule has 2 N–H and O–H groups in total. The standard InChI is InChI=1S/C10H11FO.2C2H6.CH5N/c1-8(12)5-6-9-3-2-4-10(11)7-9;3*1-2/h2-4,7H,5-6H2,1H3;2*1-2H3;2H2,1H3. The van der Waals surface area contributed by atoms with Crippen LogP contribution in [0.5, 0.6) is 0 Å². The number of halogens is 1. The molecule has 0 radical (unpaired) electrons. The molecule has 106 valence electrons. The molecular weight excluding hydrogens is 229 g/mol. The predicted molar refractivity (Wildman–Crippen MR) is 78.2 cm³/mol. The lowest BCUT2D eigenvalue weighted by atomic mass is 10.1. The average molecular weight is 257 g/mol. The fourth-order valence-electron chi connectivity index (χ4n) is 1.01. The molecule has 0 heterocycles. The third-order valence-corrected chi connectivity index (χ3v) is 1.65. The number of carbonyl (C=O) groups excluding carboxylic acids is 1. The van der Waals surface area contributed by atoms with Crippen molar-refractivity contribution in [2.24, 2.45) is 5.73 Å². The molecule has 18 heavy (non-hydrogen) atoms. The van der Waals surface area contributed by atoms with Gasteiger partial charge in [0.2, 0.25) is 0 Å². The van der Waals surface area contributed by atoms with Crippen LogP contribution in [0.15, 0.2) is 24.3 Å². The fourth-order valence-corrected chi connectivity index (χ4v) is 1.01. The second kappa shape index (κ2) is 18.2. The number of ketones is 1. The van der Waals surface area contributed by atoms with E-state index in [1.807, 2.05) is 33.8 Å². The molecule has 0 saturated heterocycles. The molecule has 0 aromatic heterocycles. The van der Waals surface area contributed by atoms with Gasteiger partial charge in [0.1, 0.15) is 11.6 Å². The van der Waals surface area contributed by atoms with E-state index in [1.165, 1.54) is 19.2 Å². The van der Waals surface area contributed by atoms with Crippen molar-refractivity contribution in [3.8, 4) is 0 Å². The second-order valence-electron chi connectivity index (χ2n) is 2.83. The number of hydrogen-bond acceptors (Lipinski definition) is 2. The number of benzene rings is 1. The topological polar surface area (TPSA) is 43.1 Å². The summed E-state index contributed by atoms with van der Waals surface area (Å²) < 4.78 is 12.6. The van der Waals surface area contributed by atoms with Gasteiger partial charge in [-0.15, -0.1) is 0 Å². The summed E-state index contributed by atoms with van der Waals surface area (Å²) in [6.45, 7) is 9.54. The normalized spacial score (nSPS) is 7.56. The van der Waals surface area contributed by atoms with E-state index in [4.69, 9.17) is 0 Å². The highest BCUT2D eigenvalue weighted by molar-refractivity contribution is 5.75. The lowest BCUT2D eigenvalue weighted by Gasteiger charge is -1.97. The highest BCUT2D eigenvalue weighted by Gasteiger charge is 1.97. The Morgan fingerprint density at radius 1 is 1.17 bits per heavy atom. The molecule has 2 nitrogen and oxygen atoms in total. The van der Waals surface area contributed by atoms with Gasteiger partial charge in [-0.05, 0) is 38.1 Å². The summed E-state index contributed by atoms with van der Waals surface area (Å²) in [6, 6.07) is 6.34. The van der Waals surface area contributed by atoms with Gasteiger partial charge in [0, 0.05) is 6.42 Å². The first kappa shape index (κ1) is 22.0. The molecule has 0 fully saturated rings. The van der Waals surface area contributed by atoms with Crippen molar-refractivity contribution in [1.29, 1.82) is 0 Å². The number of nitrogens with two attached hydrogens (primary N) is 1. The zero-order valence-corrected chi connectivity index (χ0v) is 12.6. The molecule has 0 bridgehead atoms. The Bertz CT molecular complexity index is 288. The van der Waals surface area contributed by atoms with Gasteiger partial charge in [-0.25, -0.2) is 4.39 Å². The molecule has 0 spiro atoms. The van der Waals surface area contributed by atoms with Crippen molar-refractivity contribution in [3.63, 3.8) is 0 Å². The highest BCUT2D eigenvalue weighted by atomic mass is 19.1. The molecule has 0 aliphatic rings. The Morgan fingerprint density at radius 2 is 1.67 bits per heavy atom. The number of carbonyl (C=O) groups is 1. The molecule has 0 amide bonds. The van der Waals surface area contributed by atoms with Crippen molar-refractivity contribution in [1.82, 2.24) is 0 Å². The van der Waals surface area contributed by atoms with Gasteiger partial charge >= 0.3 is 0 Å². The van der Waals surface area contributed by atoms with Crippen LogP contribution in [0.25, 0.3) is 0 Å². The van der Waals surface area contributed by atoms with Gasteiger partial charge in [-0.2, -0.15) is 0 Å². The van der Waals surface area contributed by atoms with Crippen LogP contribution < -0.4 is 5.73 Å². The van der Waals surface area contributed by atoms with Crippen LogP contribution in [-0.4, -0.2) is 12.8 Å². The lowest BCUT2D eigenvalue weighted by molar-refractivity contribution is -0.116. The first-order valence-electron chi connectivity index (χ1n) is 6.50. The molecule has 0 aliphatic carbocycles. The van der Waals surface area contributed by atoms with Crippen LogP contribution >= 0.6 is 0 Å². The molecule has 1 aromatic rings. The van der Waals surface area contributed by atoms with Gasteiger partial charge in [-0.3, -0.25) is 0 Å². The monoisotopic (exact) mass is 257 g/mol. The Labute approximate surface area is 111 Å². The molecule has 0 aliphatic heterocycles. The number of hydrogen-bond donors (Lipinski definition) is 1. The summed E-state index contributed by atoms with van der Waals surface area (Å²) in [5.41, 5.74) is 5.38. The van der Waals surface area contributed by atoms with Crippen molar-refractivity contribution < 1.29 is 9.18 Å². The van der Waals surface area contributed by atoms with Gasteiger partial charge in [0.15, 0.2) is 0 Å². The Balaban J connectivity index is -0.000000328. The van der Waals surface area contributed by atoms with Gasteiger partial charge < -0.3 is 10.5 Å². The minimum absolute atomic E-state index is 0.138. The smallest absolute Gasteiger partial charge is 0.130 e. The van der Waals surface area contributed by atoms with E-state index in [1.54, 1.807) is 13.0 Å². The van der Waals surface area contributed by atoms with Crippen LogP contribution in [0.1, 0.15) is 46.6 Å². The van der Waals surface area contributed by atoms with Crippen LogP contribution in [0.4, 0.5) is 4.39 Å². The molecule has 0 saturated carbocycles. The zero-order valence-electron chi connectivity index (χ0n) is 12.6. The second-order valence-corrected chi connectivity index (χ2v) is 2.83. The minimum atomic E-state index is -0.240. The molecule has 3 heteroatoms. The van der Waals surface area contributed by atoms with Crippen LogP contribution in [0.2, 0.25) is 0 Å². The third-order valence-electron chi connectivity index (χ3n) is 1.65. The largest absolute Gasteiger partial charge is 0.333 e. The summed E-state index contributed by atoms with van der Waals surface area (Å²) in [4.78, 5) is 10.6. The van der Waals surface area contributed by atoms with E-state index >= 15 is 0 Å². The van der Waals surface area contributed by atoms with E-state index in [9.17, 15) is 9.18 Å². The van der Waals surface area contributed by atoms with Crippen molar-refractivity contribution in [2.45, 2.75) is 47.5 Å². The predicted octanol–water partition coefficient (Wildman–Crippen LogP) is 3.97. The highest BCUT2D eigenvalue weighted by Crippen LogP contribution is 2.05. The SMILES string of the molecule is CC.CC.CC(=O)CCc1cccc(F)c1.CN. The Morgan fingerprint density at radius 3 is 2.06 bits per heavy atom. The van der Waals surface area contributed by atoms with Crippen LogP contribution in [0, 0.1) is 5.82 Å². The van der Waals surface area contributed by atoms with Gasteiger partial charge in [0.05, 0.1) is 0 Å². The number of aryl methyl sites for hydroxylation is 1. The average Bonchev–Trinajstić information content (AvgIpc) is 2.43. The number of rotatable bonds is 3. The first-order valence-corrected chi connectivity index (χ1v) is 6.50. The maximum absolute atomic E-state index is 12.6. The first-order chi connectivity index (χ1) is 8.68. The number of Topliss-reactive ketones (excluding diaryl/α,β-unsaturated/α-hetero) is 1. The molecule has 1 rings (SSSR count). The van der Waals surface area contributed by atoms with Crippen LogP contribution in [-0.2, 0) is 11.2 Å². The third kappa shape index (κ3) is 14.8. The molecule has 0 unspecified atom stereocenters. The summed E-state index contributed by atoms with van der Waals surface area (Å²) >= 11 is 0.